The molecule has 0 amide bonds. The van der Waals surface area contributed by atoms with E-state index in [4.69, 9.17) is 15.3 Å². The summed E-state index contributed by atoms with van der Waals surface area (Å²) in [6.45, 7) is -0.142. The number of rotatable bonds is 8. The topological polar surface area (TPSA) is 93.9 Å². The van der Waals surface area contributed by atoms with Gasteiger partial charge in [0.1, 0.15) is 11.8 Å². The van der Waals surface area contributed by atoms with E-state index in [1.54, 1.807) is 24.5 Å². The number of hydrogen-bond donors (Lipinski definition) is 2. The van der Waals surface area contributed by atoms with E-state index in [-0.39, 0.29) is 18.3 Å². The molecule has 3 aromatic carbocycles. The van der Waals surface area contributed by atoms with Gasteiger partial charge in [-0.3, -0.25) is 4.79 Å². The van der Waals surface area contributed by atoms with Crippen LogP contribution in [0.1, 0.15) is 27.4 Å². The predicted molar refractivity (Wildman–Crippen MR) is 132 cm³/mol. The zero-order valence-electron chi connectivity index (χ0n) is 19.0. The smallest absolute Gasteiger partial charge is 0.349 e. The van der Waals surface area contributed by atoms with Gasteiger partial charge >= 0.3 is 5.97 Å². The normalized spacial score (nSPS) is 16.7. The molecular weight excluding hydrogens is 442 g/mol. The highest BCUT2D eigenvalue weighted by atomic mass is 16.7. The number of nitrogens with zero attached hydrogens (tertiary/aromatic N) is 1. The van der Waals surface area contributed by atoms with E-state index in [1.165, 1.54) is 5.06 Å². The van der Waals surface area contributed by atoms with Gasteiger partial charge in [0.2, 0.25) is 0 Å². The quantitative estimate of drug-likeness (QED) is 0.481. The van der Waals surface area contributed by atoms with Crippen LogP contribution in [0.25, 0.3) is 0 Å². The molecule has 0 saturated heterocycles. The summed E-state index contributed by atoms with van der Waals surface area (Å²) in [5.41, 5.74) is 10.3. The molecular formula is C28H25N3O4. The van der Waals surface area contributed by atoms with Crippen molar-refractivity contribution in [3.05, 3.63) is 125 Å². The third-order valence-corrected chi connectivity index (χ3v) is 5.93. The molecule has 176 valence electrons. The number of Topliss-reactive ketones (excluding diaryl/α,β-unsaturated/α-hetero) is 1. The second-order valence-corrected chi connectivity index (χ2v) is 8.41. The van der Waals surface area contributed by atoms with Gasteiger partial charge in [0.25, 0.3) is 0 Å². The summed E-state index contributed by atoms with van der Waals surface area (Å²) in [5.74, 6) is -0.456. The maximum Gasteiger partial charge on any atom is 0.349 e. The first-order chi connectivity index (χ1) is 17.1. The minimum atomic E-state index is -0.834. The monoisotopic (exact) mass is 467 g/mol. The molecule has 3 aromatic rings. The molecule has 7 nitrogen and oxygen atoms in total. The van der Waals surface area contributed by atoms with E-state index in [1.807, 2.05) is 72.8 Å². The number of fused-ring (bicyclic) bond motifs is 3. The van der Waals surface area contributed by atoms with Gasteiger partial charge in [-0.2, -0.15) is 5.06 Å². The Morgan fingerprint density at radius 1 is 0.914 bits per heavy atom. The highest BCUT2D eigenvalue weighted by Crippen LogP contribution is 2.45. The van der Waals surface area contributed by atoms with Gasteiger partial charge in [-0.25, -0.2) is 4.79 Å². The second-order valence-electron chi connectivity index (χ2n) is 8.41. The molecule has 0 spiro atoms. The second kappa shape index (κ2) is 9.87. The summed E-state index contributed by atoms with van der Waals surface area (Å²) in [6.07, 6.45) is 3.64. The molecule has 2 aliphatic rings. The minimum absolute atomic E-state index is 0.142. The molecule has 0 aliphatic carbocycles. The maximum absolute atomic E-state index is 12.7. The molecule has 0 fully saturated rings. The standard InChI is InChI=1S/C28H25N3O4/c29-22(15-19-9-3-1-4-10-19)28(33)35-31-16-24-27(21-13-7-8-14-23(21)30-24)26(17-31)34-18-25(32)20-11-5-2-6-12-20/h1-14,16-17,22,27,30H,15,18,29H2/t22-,27?/m0/s1. The Kier molecular flexibility index (Phi) is 6.32. The molecule has 35 heavy (non-hydrogen) atoms. The van der Waals surface area contributed by atoms with E-state index < -0.39 is 12.0 Å². The molecule has 5 rings (SSSR count). The Bertz CT molecular complexity index is 1290. The number of para-hydroxylation sites is 1. The fourth-order valence-electron chi connectivity index (χ4n) is 4.20. The van der Waals surface area contributed by atoms with Crippen LogP contribution in [0, 0.1) is 0 Å². The van der Waals surface area contributed by atoms with E-state index >= 15 is 0 Å². The lowest BCUT2D eigenvalue weighted by molar-refractivity contribution is -0.171. The molecule has 2 heterocycles. The van der Waals surface area contributed by atoms with Gasteiger partial charge in [-0.15, -0.1) is 0 Å². The number of hydroxylamine groups is 2. The van der Waals surface area contributed by atoms with Gasteiger partial charge in [0.05, 0.1) is 24.0 Å². The van der Waals surface area contributed by atoms with E-state index in [0.717, 1.165) is 22.5 Å². The van der Waals surface area contributed by atoms with Crippen molar-refractivity contribution in [2.75, 3.05) is 11.9 Å². The number of ketones is 1. The largest absolute Gasteiger partial charge is 0.487 e. The first-order valence-electron chi connectivity index (χ1n) is 11.4. The highest BCUT2D eigenvalue weighted by Gasteiger charge is 2.36. The first-order valence-corrected chi connectivity index (χ1v) is 11.4. The summed E-state index contributed by atoms with van der Waals surface area (Å²) in [5, 5.41) is 4.64. The van der Waals surface area contributed by atoms with Gasteiger partial charge < -0.3 is 20.6 Å². The van der Waals surface area contributed by atoms with Gasteiger partial charge in [-0.1, -0.05) is 78.9 Å². The van der Waals surface area contributed by atoms with Crippen molar-refractivity contribution >= 4 is 17.4 Å². The number of carbonyl (C=O) groups excluding carboxylic acids is 2. The fourth-order valence-corrected chi connectivity index (χ4v) is 4.20. The Labute approximate surface area is 203 Å². The summed E-state index contributed by atoms with van der Waals surface area (Å²) in [7, 11) is 0. The molecule has 1 unspecified atom stereocenters. The maximum atomic E-state index is 12.7. The highest BCUT2D eigenvalue weighted by molar-refractivity contribution is 5.97. The van der Waals surface area contributed by atoms with E-state index in [9.17, 15) is 9.59 Å². The van der Waals surface area contributed by atoms with Crippen molar-refractivity contribution in [3.8, 4) is 0 Å². The van der Waals surface area contributed by atoms with Crippen molar-refractivity contribution in [2.24, 2.45) is 5.73 Å². The number of nitrogens with one attached hydrogen (secondary N) is 1. The Morgan fingerprint density at radius 2 is 1.60 bits per heavy atom. The average molecular weight is 468 g/mol. The number of ether oxygens (including phenoxy) is 1. The zero-order valence-corrected chi connectivity index (χ0v) is 19.0. The molecule has 2 atom stereocenters. The number of carbonyl (C=O) groups is 2. The molecule has 0 aromatic heterocycles. The summed E-state index contributed by atoms with van der Waals surface area (Å²) < 4.78 is 6.00. The van der Waals surface area contributed by atoms with Crippen molar-refractivity contribution in [3.63, 3.8) is 0 Å². The molecule has 2 aliphatic heterocycles. The Morgan fingerprint density at radius 3 is 2.37 bits per heavy atom. The number of benzene rings is 3. The van der Waals surface area contributed by atoms with Crippen LogP contribution in [-0.2, 0) is 20.8 Å². The number of hydrogen-bond acceptors (Lipinski definition) is 7. The van der Waals surface area contributed by atoms with Gasteiger partial charge in [0, 0.05) is 11.3 Å². The van der Waals surface area contributed by atoms with Crippen LogP contribution in [-0.4, -0.2) is 29.5 Å². The molecule has 0 radical (unpaired) electrons. The SMILES string of the molecule is N[C@@H](Cc1ccccc1)C(=O)ON1C=C2Nc3ccccc3C2C(OCC(=O)c2ccccc2)=C1. The average Bonchev–Trinajstić information content (AvgIpc) is 3.26. The fraction of sp³-hybridized carbons (Fsp3) is 0.143. The van der Waals surface area contributed by atoms with Crippen LogP contribution in [0.2, 0.25) is 0 Å². The van der Waals surface area contributed by atoms with Crippen LogP contribution in [0.4, 0.5) is 5.69 Å². The van der Waals surface area contributed by atoms with Gasteiger partial charge in [0.15, 0.2) is 12.4 Å². The van der Waals surface area contributed by atoms with E-state index in [2.05, 4.69) is 5.32 Å². The van der Waals surface area contributed by atoms with Crippen molar-refractivity contribution in [1.29, 1.82) is 0 Å². The lowest BCUT2D eigenvalue weighted by Gasteiger charge is -2.27. The third-order valence-electron chi connectivity index (χ3n) is 5.93. The van der Waals surface area contributed by atoms with Crippen LogP contribution in [0.15, 0.2) is 109 Å². The van der Waals surface area contributed by atoms with Crippen molar-refractivity contribution < 1.29 is 19.2 Å². The predicted octanol–water partition coefficient (Wildman–Crippen LogP) is 4.12. The summed E-state index contributed by atoms with van der Waals surface area (Å²) in [6, 6.07) is 25.5. The Balaban J connectivity index is 1.33. The lowest BCUT2D eigenvalue weighted by Crippen LogP contribution is -2.37. The van der Waals surface area contributed by atoms with Crippen LogP contribution in [0.5, 0.6) is 0 Å². The number of anilines is 1. The van der Waals surface area contributed by atoms with E-state index in [0.29, 0.717) is 17.7 Å². The zero-order chi connectivity index (χ0) is 24.2. The lowest BCUT2D eigenvalue weighted by atomic mass is 9.95. The molecule has 7 heteroatoms. The first kappa shape index (κ1) is 22.4. The molecule has 0 saturated carbocycles. The van der Waals surface area contributed by atoms with Crippen LogP contribution < -0.4 is 11.1 Å². The summed E-state index contributed by atoms with van der Waals surface area (Å²) >= 11 is 0. The minimum Gasteiger partial charge on any atom is -0.487 e. The molecule has 0 bridgehead atoms. The van der Waals surface area contributed by atoms with Crippen LogP contribution in [0.3, 0.4) is 0 Å². The van der Waals surface area contributed by atoms with Crippen molar-refractivity contribution in [1.82, 2.24) is 5.06 Å². The molecule has 3 N–H and O–H groups in total. The van der Waals surface area contributed by atoms with Crippen LogP contribution >= 0.6 is 0 Å². The van der Waals surface area contributed by atoms with Crippen molar-refractivity contribution in [2.45, 2.75) is 18.4 Å². The third kappa shape index (κ3) is 4.95. The number of nitrogens with two attached hydrogens (primary N) is 1. The van der Waals surface area contributed by atoms with Gasteiger partial charge in [-0.05, 0) is 23.6 Å². The Hall–Kier alpha value is -4.36. The summed E-state index contributed by atoms with van der Waals surface area (Å²) in [4.78, 5) is 30.9.